The maximum Gasteiger partial charge on any atom is 0.312 e. The minimum atomic E-state index is -2.05. The molecular weight excluding hydrogens is 871 g/mol. The van der Waals surface area contributed by atoms with Crippen molar-refractivity contribution in [2.75, 3.05) is 12.4 Å². The Kier molecular flexibility index (Phi) is 19.3. The van der Waals surface area contributed by atoms with Gasteiger partial charge in [-0.3, -0.25) is 14.4 Å². The molecule has 7 N–H and O–H groups in total. The van der Waals surface area contributed by atoms with Crippen LogP contribution in [0.3, 0.4) is 0 Å². The summed E-state index contributed by atoms with van der Waals surface area (Å²) in [4.78, 5) is 41.0. The number of nitrogens with one attached hydrogen (secondary N) is 2. The summed E-state index contributed by atoms with van der Waals surface area (Å²) in [5.41, 5.74) is 2.98. The first-order valence-corrected chi connectivity index (χ1v) is 24.7. The molecule has 1 aliphatic carbocycles. The summed E-state index contributed by atoms with van der Waals surface area (Å²) in [7, 11) is 1.45. The molecule has 3 aliphatic heterocycles. The third kappa shape index (κ3) is 12.6. The number of allylic oxidation sites excluding steroid dienone is 2. The molecule has 1 amide bonds. The normalized spacial score (nSPS) is 29.2. The van der Waals surface area contributed by atoms with Crippen LogP contribution in [0.5, 0.6) is 23.0 Å². The first-order chi connectivity index (χ1) is 32.3. The number of anilines is 1. The lowest BCUT2D eigenvalue weighted by molar-refractivity contribution is -0.160. The molecule has 376 valence electrons. The van der Waals surface area contributed by atoms with Crippen molar-refractivity contribution in [2.24, 2.45) is 28.8 Å². The molecule has 9 atom stereocenters. The summed E-state index contributed by atoms with van der Waals surface area (Å²) in [6.45, 7) is 12.6. The van der Waals surface area contributed by atoms with Crippen LogP contribution in [-0.4, -0.2) is 92.8 Å². The molecule has 68 heavy (non-hydrogen) atoms. The van der Waals surface area contributed by atoms with Gasteiger partial charge in [0.1, 0.15) is 23.4 Å². The van der Waals surface area contributed by atoms with Crippen LogP contribution in [0, 0.1) is 30.6 Å². The standard InChI is InChI=1S/C53H77N3O12/c1-30-23-22-24-31(2)52(64)55-43-38(29-54-56-37-25-20-18-16-14-12-10-11-13-15-17-19-21-26-37)47(61)40-41(48(43)62)46(60)35(6)50-42(40)51(63)53(8,68-50)66-28-27-39(65-9)32(3)49(67-36(7)57)34(5)45(59)33(4)44(30)58/h22-24,27-30,32-34,37,39,44-45,49,56,58-62H,10-21,25-26H2,1-9H3,(H,55,64). The molecule has 2 aromatic rings. The number of phenols is 3. The number of carbonyl (C=O) groups excluding carboxylic acids is 3. The van der Waals surface area contributed by atoms with Crippen molar-refractivity contribution in [3.8, 4) is 23.0 Å². The zero-order valence-corrected chi connectivity index (χ0v) is 41.6. The van der Waals surface area contributed by atoms with Crippen molar-refractivity contribution in [1.82, 2.24) is 5.43 Å². The average molecular weight is 948 g/mol. The molecule has 1 fully saturated rings. The van der Waals surface area contributed by atoms with Gasteiger partial charge in [-0.1, -0.05) is 123 Å². The van der Waals surface area contributed by atoms with Crippen LogP contribution in [-0.2, 0) is 23.8 Å². The summed E-state index contributed by atoms with van der Waals surface area (Å²) in [6, 6.07) is 0.0252. The molecular formula is C53H77N3O12. The Hall–Kier alpha value is -5.12. The number of hydrazone groups is 1. The van der Waals surface area contributed by atoms with E-state index in [-0.39, 0.29) is 50.5 Å². The van der Waals surface area contributed by atoms with Crippen LogP contribution in [0.15, 0.2) is 41.2 Å². The number of esters is 1. The lowest BCUT2D eigenvalue weighted by atomic mass is 9.78. The van der Waals surface area contributed by atoms with E-state index in [0.717, 1.165) is 38.5 Å². The Labute approximate surface area is 402 Å². The quantitative estimate of drug-likeness (QED) is 0.0488. The Morgan fingerprint density at radius 1 is 0.824 bits per heavy atom. The lowest BCUT2D eigenvalue weighted by Gasteiger charge is -2.38. The number of fused-ring (bicyclic) bond motifs is 14. The van der Waals surface area contributed by atoms with Gasteiger partial charge in [0.05, 0.1) is 53.0 Å². The number of aromatic hydroxyl groups is 3. The van der Waals surface area contributed by atoms with Crippen molar-refractivity contribution in [1.29, 1.82) is 0 Å². The minimum absolute atomic E-state index is 0.0252. The van der Waals surface area contributed by atoms with Gasteiger partial charge in [0.2, 0.25) is 0 Å². The molecule has 9 unspecified atom stereocenters. The van der Waals surface area contributed by atoms with Crippen molar-refractivity contribution in [3.05, 3.63) is 52.8 Å². The fraction of sp³-hybridized carbons (Fsp3) is 0.623. The average Bonchev–Trinajstić information content (AvgIpc) is 3.56. The highest BCUT2D eigenvalue weighted by Crippen LogP contribution is 2.55. The van der Waals surface area contributed by atoms with Crippen LogP contribution >= 0.6 is 0 Å². The van der Waals surface area contributed by atoms with Gasteiger partial charge in [-0.25, -0.2) is 0 Å². The number of phenolic OH excluding ortho intramolecular Hbond substituents is 3. The lowest BCUT2D eigenvalue weighted by Crippen LogP contribution is -2.46. The van der Waals surface area contributed by atoms with Crippen LogP contribution < -0.4 is 15.5 Å². The van der Waals surface area contributed by atoms with Gasteiger partial charge in [0.15, 0.2) is 5.75 Å². The summed E-state index contributed by atoms with van der Waals surface area (Å²) in [5, 5.41) is 66.0. The molecule has 4 aliphatic rings. The molecule has 15 nitrogen and oxygen atoms in total. The number of amides is 1. The predicted molar refractivity (Wildman–Crippen MR) is 263 cm³/mol. The fourth-order valence-electron chi connectivity index (χ4n) is 9.90. The van der Waals surface area contributed by atoms with E-state index in [4.69, 9.17) is 18.9 Å². The number of nitrogens with zero attached hydrogens (tertiary/aromatic N) is 1. The highest BCUT2D eigenvalue weighted by atomic mass is 16.7. The number of hydrogen-bond acceptors (Lipinski definition) is 14. The second-order valence-electron chi connectivity index (χ2n) is 19.5. The van der Waals surface area contributed by atoms with E-state index in [1.165, 1.54) is 104 Å². The van der Waals surface area contributed by atoms with E-state index in [9.17, 15) is 39.9 Å². The number of benzene rings is 2. The van der Waals surface area contributed by atoms with E-state index >= 15 is 0 Å². The molecule has 0 radical (unpaired) electrons. The Bertz CT molecular complexity index is 2200. The number of methoxy groups -OCH3 is 1. The maximum atomic E-state index is 14.6. The van der Waals surface area contributed by atoms with E-state index in [1.54, 1.807) is 46.8 Å². The molecule has 2 aromatic carbocycles. The smallest absolute Gasteiger partial charge is 0.312 e. The third-order valence-electron chi connectivity index (χ3n) is 14.3. The highest BCUT2D eigenvalue weighted by molar-refractivity contribution is 6.23. The molecule has 3 heterocycles. The molecule has 0 saturated heterocycles. The Morgan fingerprint density at radius 2 is 1.41 bits per heavy atom. The second kappa shape index (κ2) is 24.4. The Balaban J connectivity index is 1.63. The zero-order chi connectivity index (χ0) is 49.9. The second-order valence-corrected chi connectivity index (χ2v) is 19.5. The van der Waals surface area contributed by atoms with Gasteiger partial charge >= 0.3 is 11.8 Å². The number of ketones is 1. The van der Waals surface area contributed by atoms with Crippen LogP contribution in [0.1, 0.15) is 160 Å². The van der Waals surface area contributed by atoms with Crippen LogP contribution in [0.2, 0.25) is 0 Å². The number of aliphatic hydroxyl groups is 2. The summed E-state index contributed by atoms with van der Waals surface area (Å²) >= 11 is 0. The number of Topliss-reactive ketones (excluding diaryl/α,β-unsaturated/α-hetero) is 1. The summed E-state index contributed by atoms with van der Waals surface area (Å²) in [6.07, 6.45) is 21.0. The van der Waals surface area contributed by atoms with Gasteiger partial charge in [0, 0.05) is 67.2 Å². The molecule has 0 spiro atoms. The summed E-state index contributed by atoms with van der Waals surface area (Å²) in [5.74, 6) is -8.30. The SMILES string of the molecule is COC1C=COC2(C)Oc3c(C)c(O)c4c(O)c(c(C=NNC5CCCCCCCCCCCCCC5)c(O)c4c3C2=O)NC(=O)C(C)=CC=CC(C)C(O)C(C)C(O)C(C)C(OC(C)=O)C1C. The number of ether oxygens (including phenoxy) is 4. The maximum absolute atomic E-state index is 14.6. The van der Waals surface area contributed by atoms with Crippen molar-refractivity contribution in [2.45, 2.75) is 182 Å². The van der Waals surface area contributed by atoms with Crippen LogP contribution in [0.4, 0.5) is 5.69 Å². The molecule has 0 aromatic heterocycles. The minimum Gasteiger partial charge on any atom is -0.507 e. The van der Waals surface area contributed by atoms with Gasteiger partial charge in [-0.15, -0.1) is 0 Å². The first-order valence-electron chi connectivity index (χ1n) is 24.7. The molecule has 1 saturated carbocycles. The van der Waals surface area contributed by atoms with Gasteiger partial charge in [0.25, 0.3) is 11.7 Å². The number of carbonyl (C=O) groups is 3. The van der Waals surface area contributed by atoms with Gasteiger partial charge in [-0.2, -0.15) is 5.10 Å². The van der Waals surface area contributed by atoms with Gasteiger partial charge in [-0.05, 0) is 32.8 Å². The number of rotatable bonds is 5. The zero-order valence-electron chi connectivity index (χ0n) is 41.6. The van der Waals surface area contributed by atoms with E-state index in [0.29, 0.717) is 0 Å². The van der Waals surface area contributed by atoms with Crippen molar-refractivity contribution >= 4 is 40.3 Å². The monoisotopic (exact) mass is 948 g/mol. The van der Waals surface area contributed by atoms with E-state index in [2.05, 4.69) is 15.8 Å². The Morgan fingerprint density at radius 3 is 1.99 bits per heavy atom. The number of aliphatic hydroxyl groups excluding tert-OH is 2. The number of hydrogen-bond donors (Lipinski definition) is 7. The molecule has 15 heteroatoms. The van der Waals surface area contributed by atoms with Gasteiger partial charge < -0.3 is 55.2 Å². The van der Waals surface area contributed by atoms with E-state index < -0.39 is 88.8 Å². The molecule has 5 bridgehead atoms. The third-order valence-corrected chi connectivity index (χ3v) is 14.3. The van der Waals surface area contributed by atoms with E-state index in [1.807, 2.05) is 0 Å². The highest BCUT2D eigenvalue weighted by Gasteiger charge is 2.50. The first kappa shape index (κ1) is 53.8. The van der Waals surface area contributed by atoms with Crippen molar-refractivity contribution in [3.63, 3.8) is 0 Å². The fourth-order valence-corrected chi connectivity index (χ4v) is 9.90. The van der Waals surface area contributed by atoms with Crippen LogP contribution in [0.25, 0.3) is 10.8 Å². The largest absolute Gasteiger partial charge is 0.507 e. The van der Waals surface area contributed by atoms with Crippen molar-refractivity contribution < 1.29 is 58.9 Å². The topological polar surface area (TPSA) is 226 Å². The predicted octanol–water partition coefficient (Wildman–Crippen LogP) is 9.52. The molecule has 6 rings (SSSR count). The summed E-state index contributed by atoms with van der Waals surface area (Å²) < 4.78 is 23.8.